The van der Waals surface area contributed by atoms with Crippen molar-refractivity contribution in [3.63, 3.8) is 0 Å². The molecule has 1 aliphatic heterocycles. The molecule has 1 aliphatic carbocycles. The monoisotopic (exact) mass is 901 g/mol. The highest BCUT2D eigenvalue weighted by Gasteiger charge is 2.47. The fourth-order valence-corrected chi connectivity index (χ4v) is 8.55. The Kier molecular flexibility index (Phi) is 16.1. The maximum Gasteiger partial charge on any atom is 0.274 e. The van der Waals surface area contributed by atoms with Gasteiger partial charge in [-0.25, -0.2) is 19.3 Å². The van der Waals surface area contributed by atoms with Crippen LogP contribution in [0.15, 0.2) is 36.5 Å². The number of nitrogen functional groups attached to an aromatic ring is 1. The van der Waals surface area contributed by atoms with Gasteiger partial charge in [-0.05, 0) is 6.08 Å². The number of thioether (sulfide) groups is 1. The highest BCUT2D eigenvalue weighted by molar-refractivity contribution is 8.14. The summed E-state index contributed by atoms with van der Waals surface area (Å²) in [5.41, 5.74) is 4.20. The number of carbonyl (C=O) groups is 3. The first-order valence-electron chi connectivity index (χ1n) is 16.6. The van der Waals surface area contributed by atoms with Gasteiger partial charge in [0.15, 0.2) is 17.7 Å². The third-order valence-electron chi connectivity index (χ3n) is 8.12. The number of amides is 2. The number of nitrogens with one attached hydrogen (secondary N) is 2. The van der Waals surface area contributed by atoms with Crippen molar-refractivity contribution in [2.75, 3.05) is 37.8 Å². The lowest BCUT2D eigenvalue weighted by molar-refractivity contribution is -0.347. The van der Waals surface area contributed by atoms with Gasteiger partial charge in [-0.2, -0.15) is 0 Å². The van der Waals surface area contributed by atoms with E-state index in [9.17, 15) is 68.1 Å². The van der Waals surface area contributed by atoms with Crippen LogP contribution in [0.25, 0.3) is 11.2 Å². The highest BCUT2D eigenvalue weighted by Crippen LogP contribution is 2.56. The molecule has 0 aromatic carbocycles. The summed E-state index contributed by atoms with van der Waals surface area (Å²) in [5.74, 6) is -1.51. The molecule has 1 fully saturated rings. The molecule has 9 atom stereocenters. The van der Waals surface area contributed by atoms with E-state index in [2.05, 4.69) is 43.5 Å². The molecule has 2 amide bonds. The first-order valence-corrected chi connectivity index (χ1v) is 22.0. The van der Waals surface area contributed by atoms with E-state index in [1.54, 1.807) is 0 Å². The zero-order chi connectivity index (χ0) is 43.2. The van der Waals surface area contributed by atoms with E-state index >= 15 is 0 Å². The van der Waals surface area contributed by atoms with Crippen LogP contribution in [0, 0.1) is 5.41 Å². The molecular formula is C28H38N7O19P3S-4. The van der Waals surface area contributed by atoms with Gasteiger partial charge in [-0.1, -0.05) is 37.8 Å². The second-order valence-electron chi connectivity index (χ2n) is 13.1. The summed E-state index contributed by atoms with van der Waals surface area (Å²) in [6.07, 6.45) is -6.25. The van der Waals surface area contributed by atoms with E-state index in [0.717, 1.165) is 29.0 Å². The molecule has 30 heteroatoms. The molecule has 3 heterocycles. The van der Waals surface area contributed by atoms with E-state index in [-0.39, 0.29) is 47.8 Å². The number of imidazole rings is 1. The Morgan fingerprint density at radius 2 is 1.72 bits per heavy atom. The molecule has 2 aromatic rings. The van der Waals surface area contributed by atoms with Crippen molar-refractivity contribution in [1.29, 1.82) is 0 Å². The molecule has 2 aliphatic rings. The Morgan fingerprint density at radius 3 is 2.40 bits per heavy atom. The minimum Gasteiger partial charge on any atom is -0.790 e. The molecule has 0 bridgehead atoms. The van der Waals surface area contributed by atoms with Crippen LogP contribution in [0.5, 0.6) is 0 Å². The minimum atomic E-state index is -5.93. The molecular weight excluding hydrogens is 863 g/mol. The number of hydrogen-bond donors (Lipinski definition) is 7. The Labute approximate surface area is 332 Å². The maximum atomic E-state index is 12.5. The molecule has 0 spiro atoms. The molecule has 324 valence electrons. The van der Waals surface area contributed by atoms with Crippen LogP contribution in [0.4, 0.5) is 5.82 Å². The molecule has 8 N–H and O–H groups in total. The van der Waals surface area contributed by atoms with E-state index in [1.165, 1.54) is 32.1 Å². The second-order valence-corrected chi connectivity index (χ2v) is 18.2. The van der Waals surface area contributed by atoms with Crippen molar-refractivity contribution in [1.82, 2.24) is 30.2 Å². The number of fused-ring (bicyclic) bond motifs is 1. The fraction of sp³-hybridized carbons (Fsp3) is 0.571. The van der Waals surface area contributed by atoms with Crippen molar-refractivity contribution in [3.8, 4) is 0 Å². The van der Waals surface area contributed by atoms with Crippen molar-refractivity contribution >= 4 is 69.1 Å². The number of phosphoric acid groups is 3. The zero-order valence-corrected chi connectivity index (χ0v) is 33.7. The normalized spacial score (nSPS) is 25.1. The van der Waals surface area contributed by atoms with Gasteiger partial charge in [-0.3, -0.25) is 28.1 Å². The number of allylic oxidation sites excluding steroid dienone is 1. The number of rotatable bonds is 20. The fourth-order valence-electron chi connectivity index (χ4n) is 5.12. The Hall–Kier alpha value is -3.04. The van der Waals surface area contributed by atoms with E-state index in [1.807, 2.05) is 0 Å². The topological polar surface area (TPSA) is 415 Å². The maximum absolute atomic E-state index is 12.5. The lowest BCUT2D eigenvalue weighted by Gasteiger charge is -2.36. The molecule has 4 rings (SSSR count). The predicted octanol–water partition coefficient (Wildman–Crippen LogP) is -4.65. The van der Waals surface area contributed by atoms with Crippen LogP contribution < -0.4 is 35.9 Å². The standard InChI is InChI=1S/C28H42N7O19P3S/c1-28(2,22(40)25(41)31-6-5-18(38)30-7-8-58-27(42)14-3-4-15(36)16(37)9-14)11-51-57(48,49)54-56(46,47)50-10-17-21(53-55(43,44)45)20(39)26(52-17)35-13-34-19-23(29)32-12-33-24(19)35/h3-4,9,12-13,15-17,20-22,26,36-37,39-40H,5-8,10-11H2,1-2H3,(H,30,38)(H,31,41)(H,46,47)(H,48,49)(H2,29,32,33)(H2,43,44,45)/p-4/t15-,16-,17-,20-,21-,22+,26-/m1/s1. The van der Waals surface area contributed by atoms with Gasteiger partial charge in [0.25, 0.3) is 15.6 Å². The van der Waals surface area contributed by atoms with Gasteiger partial charge in [0.1, 0.15) is 48.5 Å². The highest BCUT2D eigenvalue weighted by atomic mass is 32.2. The molecule has 2 aromatic heterocycles. The third kappa shape index (κ3) is 13.2. The van der Waals surface area contributed by atoms with Crippen molar-refractivity contribution < 1.29 is 90.7 Å². The van der Waals surface area contributed by atoms with Gasteiger partial charge in [0, 0.05) is 36.3 Å². The smallest absolute Gasteiger partial charge is 0.274 e. The number of hydrogen-bond acceptors (Lipinski definition) is 24. The van der Waals surface area contributed by atoms with E-state index < -0.39 is 102 Å². The number of aliphatic hydroxyl groups is 4. The van der Waals surface area contributed by atoms with Crippen LogP contribution in [0.2, 0.25) is 0 Å². The van der Waals surface area contributed by atoms with Gasteiger partial charge in [-0.15, -0.1) is 0 Å². The molecule has 1 saturated heterocycles. The summed E-state index contributed by atoms with van der Waals surface area (Å²) < 4.78 is 60.4. The van der Waals surface area contributed by atoms with Crippen LogP contribution >= 0.6 is 35.2 Å². The van der Waals surface area contributed by atoms with Crippen molar-refractivity contribution in [2.45, 2.75) is 63.1 Å². The molecule has 2 unspecified atom stereocenters. The van der Waals surface area contributed by atoms with Crippen LogP contribution in [-0.4, -0.2) is 126 Å². The summed E-state index contributed by atoms with van der Waals surface area (Å²) >= 11 is 0.856. The Morgan fingerprint density at radius 1 is 1.03 bits per heavy atom. The number of nitrogens with two attached hydrogens (primary N) is 1. The summed E-state index contributed by atoms with van der Waals surface area (Å²) in [5, 5.41) is 44.8. The van der Waals surface area contributed by atoms with Crippen LogP contribution in [0.1, 0.15) is 26.5 Å². The van der Waals surface area contributed by atoms with Gasteiger partial charge >= 0.3 is 0 Å². The van der Waals surface area contributed by atoms with Gasteiger partial charge in [0.05, 0.1) is 27.4 Å². The molecule has 0 saturated carbocycles. The van der Waals surface area contributed by atoms with Crippen molar-refractivity contribution in [2.24, 2.45) is 5.41 Å². The number of anilines is 1. The molecule has 0 radical (unpaired) electrons. The minimum absolute atomic E-state index is 0.0316. The predicted molar refractivity (Wildman–Crippen MR) is 187 cm³/mol. The summed E-state index contributed by atoms with van der Waals surface area (Å²) in [6, 6.07) is 0. The summed E-state index contributed by atoms with van der Waals surface area (Å²) in [6.45, 7) is -0.182. The second kappa shape index (κ2) is 19.6. The van der Waals surface area contributed by atoms with Gasteiger partial charge < -0.3 is 79.2 Å². The first-order chi connectivity index (χ1) is 26.9. The lowest BCUT2D eigenvalue weighted by atomic mass is 9.87. The average Bonchev–Trinajstić information content (AvgIpc) is 3.69. The average molecular weight is 902 g/mol. The summed E-state index contributed by atoms with van der Waals surface area (Å²) in [7, 11) is -17.7. The number of aliphatic hydroxyl groups excluding tert-OH is 4. The van der Waals surface area contributed by atoms with E-state index in [0.29, 0.717) is 0 Å². The zero-order valence-electron chi connectivity index (χ0n) is 30.2. The summed E-state index contributed by atoms with van der Waals surface area (Å²) in [4.78, 5) is 96.3. The third-order valence-corrected chi connectivity index (χ3v) is 12.0. The number of ether oxygens (including phenoxy) is 1. The largest absolute Gasteiger partial charge is 0.790 e. The van der Waals surface area contributed by atoms with Gasteiger partial charge in [0.2, 0.25) is 16.9 Å². The Bertz CT molecular complexity index is 2030. The molecule has 26 nitrogen and oxygen atoms in total. The van der Waals surface area contributed by atoms with E-state index in [4.69, 9.17) is 10.5 Å². The number of nitrogens with zero attached hydrogens (tertiary/aromatic N) is 4. The first kappa shape index (κ1) is 47.6. The SMILES string of the molecule is CC(C)(COP(=O)([O-])OP(=O)([O-])OC[C@H]1O[C@@H](n2cnc3c(N)ncnc32)[C@H](O)[C@@H]1OP(=O)([O-])[O-])[C@@H](O)C(=O)NCCC(=O)NCCSC(=O)C1=C[C@@H](O)[C@H](O)C=C1. The lowest BCUT2D eigenvalue weighted by Crippen LogP contribution is -2.46. The van der Waals surface area contributed by atoms with Crippen LogP contribution in [0.3, 0.4) is 0 Å². The molecule has 58 heavy (non-hydrogen) atoms. The van der Waals surface area contributed by atoms with Crippen molar-refractivity contribution in [3.05, 3.63) is 36.5 Å². The number of phosphoric ester groups is 3. The number of carbonyl (C=O) groups excluding carboxylic acids is 3. The number of aromatic nitrogens is 4. The Balaban J connectivity index is 1.22. The van der Waals surface area contributed by atoms with Crippen LogP contribution in [-0.2, 0) is 50.7 Å². The quantitative estimate of drug-likeness (QED) is 0.0485.